The Morgan fingerprint density at radius 2 is 2.17 bits per heavy atom. The number of aliphatic hydroxyl groups is 1. The van der Waals surface area contributed by atoms with Crippen molar-refractivity contribution in [2.45, 2.75) is 12.2 Å². The zero-order valence-corrected chi connectivity index (χ0v) is 8.21. The van der Waals surface area contributed by atoms with E-state index >= 15 is 0 Å². The topological polar surface area (TPSA) is 57.6 Å². The van der Waals surface area contributed by atoms with Crippen molar-refractivity contribution in [2.24, 2.45) is 0 Å². The lowest BCUT2D eigenvalue weighted by atomic mass is 10.5. The van der Waals surface area contributed by atoms with E-state index < -0.39 is 15.3 Å². The molecular weight excluding hydrogens is 178 g/mol. The second-order valence-electron chi connectivity index (χ2n) is 2.61. The van der Waals surface area contributed by atoms with Gasteiger partial charge in [-0.1, -0.05) is 6.08 Å². The van der Waals surface area contributed by atoms with Crippen molar-refractivity contribution >= 4 is 10.0 Å². The minimum absolute atomic E-state index is 0.271. The van der Waals surface area contributed by atoms with Crippen LogP contribution in [0.15, 0.2) is 12.7 Å². The van der Waals surface area contributed by atoms with Gasteiger partial charge in [0.2, 0.25) is 10.0 Å². The average molecular weight is 193 g/mol. The Bertz CT molecular complexity index is 235. The smallest absolute Gasteiger partial charge is 0.219 e. The molecule has 0 saturated heterocycles. The van der Waals surface area contributed by atoms with Gasteiger partial charge in [0.05, 0.1) is 11.9 Å². The molecule has 4 nitrogen and oxygen atoms in total. The summed E-state index contributed by atoms with van der Waals surface area (Å²) in [5.74, 6) is 0. The van der Waals surface area contributed by atoms with Gasteiger partial charge in [0.15, 0.2) is 0 Å². The normalized spacial score (nSPS) is 14.7. The van der Waals surface area contributed by atoms with Crippen LogP contribution in [-0.4, -0.2) is 43.3 Å². The van der Waals surface area contributed by atoms with Crippen molar-refractivity contribution in [2.75, 3.05) is 20.2 Å². The van der Waals surface area contributed by atoms with Crippen molar-refractivity contribution in [3.8, 4) is 0 Å². The van der Waals surface area contributed by atoms with Gasteiger partial charge in [0, 0.05) is 13.6 Å². The van der Waals surface area contributed by atoms with Gasteiger partial charge < -0.3 is 5.11 Å². The van der Waals surface area contributed by atoms with E-state index in [4.69, 9.17) is 5.11 Å². The molecule has 0 aromatic heterocycles. The third-order valence-electron chi connectivity index (χ3n) is 1.59. The van der Waals surface area contributed by atoms with Crippen LogP contribution in [0.5, 0.6) is 0 Å². The molecule has 0 aliphatic carbocycles. The molecule has 0 saturated carbocycles. The van der Waals surface area contributed by atoms with Crippen LogP contribution in [0.2, 0.25) is 0 Å². The highest BCUT2D eigenvalue weighted by Crippen LogP contribution is 2.05. The standard InChI is InChI=1S/C7H15NO3S/c1-4-5-8(3)12(10,11)7(2)6-9/h4,7,9H,1,5-6H2,2-3H3. The minimum atomic E-state index is -3.34. The molecule has 0 spiro atoms. The number of hydrogen-bond donors (Lipinski definition) is 1. The molecule has 1 atom stereocenters. The van der Waals surface area contributed by atoms with Crippen LogP contribution in [0.3, 0.4) is 0 Å². The second kappa shape index (κ2) is 4.59. The number of likely N-dealkylation sites (N-methyl/N-ethyl adjacent to an activating group) is 1. The van der Waals surface area contributed by atoms with Gasteiger partial charge in [0.1, 0.15) is 0 Å². The third-order valence-corrected chi connectivity index (χ3v) is 3.77. The van der Waals surface area contributed by atoms with Crippen LogP contribution < -0.4 is 0 Å². The van der Waals surface area contributed by atoms with Gasteiger partial charge in [-0.3, -0.25) is 0 Å². The molecule has 0 aliphatic rings. The highest BCUT2D eigenvalue weighted by atomic mass is 32.2. The lowest BCUT2D eigenvalue weighted by molar-refractivity contribution is 0.291. The van der Waals surface area contributed by atoms with E-state index in [9.17, 15) is 8.42 Å². The quantitative estimate of drug-likeness (QED) is 0.616. The molecule has 0 rings (SSSR count). The Morgan fingerprint density at radius 3 is 2.50 bits per heavy atom. The summed E-state index contributed by atoms with van der Waals surface area (Å²) in [7, 11) is -1.88. The summed E-state index contributed by atoms with van der Waals surface area (Å²) in [5, 5.41) is 7.91. The molecule has 0 amide bonds. The molecule has 1 N–H and O–H groups in total. The Kier molecular flexibility index (Phi) is 4.44. The fraction of sp³-hybridized carbons (Fsp3) is 0.714. The monoisotopic (exact) mass is 193 g/mol. The van der Waals surface area contributed by atoms with Crippen LogP contribution >= 0.6 is 0 Å². The Morgan fingerprint density at radius 1 is 1.67 bits per heavy atom. The molecule has 12 heavy (non-hydrogen) atoms. The SMILES string of the molecule is C=CCN(C)S(=O)(=O)C(C)CO. The lowest BCUT2D eigenvalue weighted by Gasteiger charge is -2.18. The summed E-state index contributed by atoms with van der Waals surface area (Å²) >= 11 is 0. The zero-order valence-electron chi connectivity index (χ0n) is 7.40. The highest BCUT2D eigenvalue weighted by Gasteiger charge is 2.23. The maximum Gasteiger partial charge on any atom is 0.219 e. The highest BCUT2D eigenvalue weighted by molar-refractivity contribution is 7.89. The minimum Gasteiger partial charge on any atom is -0.395 e. The molecule has 5 heteroatoms. The Labute approximate surface area is 73.6 Å². The number of aliphatic hydroxyl groups excluding tert-OH is 1. The summed E-state index contributed by atoms with van der Waals surface area (Å²) in [6.07, 6.45) is 1.50. The van der Waals surface area contributed by atoms with E-state index in [-0.39, 0.29) is 13.2 Å². The summed E-state index contributed by atoms with van der Waals surface area (Å²) in [5.41, 5.74) is 0. The maximum atomic E-state index is 11.4. The fourth-order valence-electron chi connectivity index (χ4n) is 0.687. The molecule has 0 radical (unpaired) electrons. The van der Waals surface area contributed by atoms with E-state index in [0.29, 0.717) is 0 Å². The Hall–Kier alpha value is -0.390. The second-order valence-corrected chi connectivity index (χ2v) is 5.07. The van der Waals surface area contributed by atoms with E-state index in [2.05, 4.69) is 6.58 Å². The van der Waals surface area contributed by atoms with Crippen molar-refractivity contribution in [3.05, 3.63) is 12.7 Å². The van der Waals surface area contributed by atoms with Gasteiger partial charge in [0.25, 0.3) is 0 Å². The summed E-state index contributed by atoms with van der Waals surface area (Å²) in [6.45, 7) is 4.81. The van der Waals surface area contributed by atoms with E-state index in [0.717, 1.165) is 0 Å². The molecule has 0 aliphatic heterocycles. The third kappa shape index (κ3) is 2.58. The van der Waals surface area contributed by atoms with Crippen molar-refractivity contribution < 1.29 is 13.5 Å². The molecule has 0 fully saturated rings. The van der Waals surface area contributed by atoms with Crippen LogP contribution in [0.4, 0.5) is 0 Å². The van der Waals surface area contributed by atoms with Crippen LogP contribution in [0, 0.1) is 0 Å². The average Bonchev–Trinajstić information content (AvgIpc) is 2.03. The predicted octanol–water partition coefficient (Wildman–Crippen LogP) is -0.185. The van der Waals surface area contributed by atoms with E-state index in [1.807, 2.05) is 0 Å². The Balaban J connectivity index is 4.49. The zero-order chi connectivity index (χ0) is 9.78. The molecule has 1 unspecified atom stereocenters. The van der Waals surface area contributed by atoms with Gasteiger partial charge in [-0.05, 0) is 6.92 Å². The summed E-state index contributed by atoms with van der Waals surface area (Å²) in [6, 6.07) is 0. The first-order chi connectivity index (χ1) is 5.46. The maximum absolute atomic E-state index is 11.4. The molecular formula is C7H15NO3S. The largest absolute Gasteiger partial charge is 0.395 e. The molecule has 0 heterocycles. The van der Waals surface area contributed by atoms with Gasteiger partial charge in [-0.15, -0.1) is 6.58 Å². The van der Waals surface area contributed by atoms with Gasteiger partial charge >= 0.3 is 0 Å². The summed E-state index contributed by atoms with van der Waals surface area (Å²) in [4.78, 5) is 0. The first-order valence-corrected chi connectivity index (χ1v) is 5.14. The van der Waals surface area contributed by atoms with Crippen LogP contribution in [-0.2, 0) is 10.0 Å². The van der Waals surface area contributed by atoms with Crippen LogP contribution in [0.25, 0.3) is 0 Å². The number of rotatable bonds is 5. The number of nitrogens with zero attached hydrogens (tertiary/aromatic N) is 1. The first-order valence-electron chi connectivity index (χ1n) is 3.63. The van der Waals surface area contributed by atoms with Gasteiger partial charge in [-0.2, -0.15) is 0 Å². The number of hydrogen-bond acceptors (Lipinski definition) is 3. The summed E-state index contributed by atoms with van der Waals surface area (Å²) < 4.78 is 23.9. The predicted molar refractivity (Wildman–Crippen MR) is 48.3 cm³/mol. The molecule has 0 aromatic carbocycles. The molecule has 0 aromatic rings. The fourth-order valence-corrected chi connectivity index (χ4v) is 1.80. The van der Waals surface area contributed by atoms with Crippen molar-refractivity contribution in [3.63, 3.8) is 0 Å². The lowest BCUT2D eigenvalue weighted by Crippen LogP contribution is -2.36. The van der Waals surface area contributed by atoms with Gasteiger partial charge in [-0.25, -0.2) is 12.7 Å². The van der Waals surface area contributed by atoms with Crippen molar-refractivity contribution in [1.82, 2.24) is 4.31 Å². The van der Waals surface area contributed by atoms with Crippen LogP contribution in [0.1, 0.15) is 6.92 Å². The molecule has 0 bridgehead atoms. The first kappa shape index (κ1) is 11.6. The van der Waals surface area contributed by atoms with E-state index in [1.165, 1.54) is 24.4 Å². The van der Waals surface area contributed by atoms with Crippen molar-refractivity contribution in [1.29, 1.82) is 0 Å². The molecule has 72 valence electrons. The number of sulfonamides is 1. The van der Waals surface area contributed by atoms with E-state index in [1.54, 1.807) is 0 Å².